The second kappa shape index (κ2) is 11.0. The third kappa shape index (κ3) is 8.12. The number of hydrogen-bond donors (Lipinski definition) is 4. The van der Waals surface area contributed by atoms with Crippen molar-refractivity contribution in [1.29, 1.82) is 0 Å². The zero-order valence-electron chi connectivity index (χ0n) is 15.2. The van der Waals surface area contributed by atoms with E-state index < -0.39 is 30.0 Å². The van der Waals surface area contributed by atoms with E-state index in [-0.39, 0.29) is 42.8 Å². The van der Waals surface area contributed by atoms with E-state index >= 15 is 0 Å². The van der Waals surface area contributed by atoms with Gasteiger partial charge >= 0.3 is 35.5 Å². The zero-order valence-corrected chi connectivity index (χ0v) is 16.2. The fourth-order valence-corrected chi connectivity index (χ4v) is 2.09. The number of amides is 2. The number of carbonyl (C=O) groups excluding carboxylic acids is 2. The third-order valence-electron chi connectivity index (χ3n) is 3.30. The maximum absolute atomic E-state index is 12.1. The molecule has 1 aliphatic heterocycles. The van der Waals surface area contributed by atoms with E-state index in [1.165, 1.54) is 0 Å². The van der Waals surface area contributed by atoms with Crippen molar-refractivity contribution in [2.75, 3.05) is 20.3 Å². The van der Waals surface area contributed by atoms with E-state index in [2.05, 4.69) is 16.0 Å². The van der Waals surface area contributed by atoms with Crippen molar-refractivity contribution in [3.05, 3.63) is 0 Å². The van der Waals surface area contributed by atoms with Gasteiger partial charge in [0, 0.05) is 20.3 Å². The Morgan fingerprint density at radius 3 is 2.43 bits per heavy atom. The molecule has 8 nitrogen and oxygen atoms in total. The molecule has 0 aromatic heterocycles. The first-order valence-electron chi connectivity index (χ1n) is 7.42. The summed E-state index contributed by atoms with van der Waals surface area (Å²) in [6.45, 7) is 4.92. The molecule has 0 aromatic carbocycles. The second-order valence-electron chi connectivity index (χ2n) is 5.79. The Morgan fingerprint density at radius 1 is 1.30 bits per heavy atom. The predicted octanol–water partition coefficient (Wildman–Crippen LogP) is -3.79. The van der Waals surface area contributed by atoms with E-state index in [0.717, 1.165) is 0 Å². The number of ether oxygens (including phenoxy) is 1. The van der Waals surface area contributed by atoms with Crippen molar-refractivity contribution in [3.63, 3.8) is 0 Å². The van der Waals surface area contributed by atoms with Gasteiger partial charge in [0.05, 0.1) is 0 Å². The van der Waals surface area contributed by atoms with Crippen LogP contribution in [0.1, 0.15) is 28.1 Å². The molecule has 1 rings (SSSR count). The van der Waals surface area contributed by atoms with Gasteiger partial charge in [-0.1, -0.05) is 13.8 Å². The molecule has 1 fully saturated rings. The van der Waals surface area contributed by atoms with Gasteiger partial charge in [-0.2, -0.15) is 0 Å². The fourth-order valence-electron chi connectivity index (χ4n) is 2.09. The molecule has 0 unspecified atom stereocenters. The van der Waals surface area contributed by atoms with Crippen LogP contribution in [-0.2, 0) is 19.1 Å². The van der Waals surface area contributed by atoms with Gasteiger partial charge in [-0.25, -0.2) is 0 Å². The Bertz CT molecular complexity index is 425. The summed E-state index contributed by atoms with van der Waals surface area (Å²) in [5.74, 6) is -1.56. The Kier molecular flexibility index (Phi) is 10.7. The third-order valence-corrected chi connectivity index (χ3v) is 3.30. The minimum Gasteiger partial charge on any atom is -1.00 e. The van der Waals surface area contributed by atoms with Crippen LogP contribution >= 0.6 is 0 Å². The van der Waals surface area contributed by atoms with Crippen molar-refractivity contribution < 1.29 is 55.2 Å². The minimum atomic E-state index is -1.07. The first-order valence-corrected chi connectivity index (χ1v) is 7.42. The smallest absolute Gasteiger partial charge is 1.00 e. The summed E-state index contributed by atoms with van der Waals surface area (Å²) in [6, 6.07) is -2.27. The van der Waals surface area contributed by atoms with Gasteiger partial charge in [-0.15, -0.1) is 0 Å². The number of nitrogens with one attached hydrogen (secondary N) is 3. The van der Waals surface area contributed by atoms with Crippen LogP contribution in [0, 0.1) is 5.92 Å². The van der Waals surface area contributed by atoms with Gasteiger partial charge in [0.2, 0.25) is 11.8 Å². The summed E-state index contributed by atoms with van der Waals surface area (Å²) in [4.78, 5) is 34.8. The summed E-state index contributed by atoms with van der Waals surface area (Å²) in [7, 11) is 1.59. The number of carboxylic acid groups (broad SMARTS) is 1. The van der Waals surface area contributed by atoms with Crippen molar-refractivity contribution >= 4 is 17.8 Å². The Morgan fingerprint density at radius 2 is 1.96 bits per heavy atom. The van der Waals surface area contributed by atoms with Crippen molar-refractivity contribution in [1.82, 2.24) is 16.0 Å². The number of carboxylic acids is 1. The molecule has 1 saturated heterocycles. The molecule has 4 N–H and O–H groups in total. The quantitative estimate of drug-likeness (QED) is 0.184. The van der Waals surface area contributed by atoms with Crippen LogP contribution in [0.5, 0.6) is 0 Å². The first kappa shape index (κ1) is 22.3. The van der Waals surface area contributed by atoms with Crippen molar-refractivity contribution in [2.24, 2.45) is 5.92 Å². The van der Waals surface area contributed by atoms with Crippen LogP contribution in [-0.4, -0.2) is 61.3 Å². The molecule has 3 atom stereocenters. The minimum absolute atomic E-state index is 0. The van der Waals surface area contributed by atoms with Crippen LogP contribution in [0.2, 0.25) is 0 Å². The molecule has 23 heavy (non-hydrogen) atoms. The second-order valence-corrected chi connectivity index (χ2v) is 5.79. The first-order chi connectivity index (χ1) is 10.4. The summed E-state index contributed by atoms with van der Waals surface area (Å²) < 4.78 is 4.90. The largest absolute Gasteiger partial charge is 1.00 e. The molecule has 128 valence electrons. The molecule has 2 amide bonds. The van der Waals surface area contributed by atoms with E-state index in [4.69, 9.17) is 9.84 Å². The SMILES string of the molecule is COCCCNC(=O)[C@H](CC(C)C)NC(=O)[C@H]1N[C@@H]1C(=O)O.[H-].[Na+]. The van der Waals surface area contributed by atoms with E-state index in [0.29, 0.717) is 26.0 Å². The molecule has 1 aliphatic rings. The fraction of sp³-hybridized carbons (Fsp3) is 0.786. The Hall–Kier alpha value is -0.670. The molecule has 1 heterocycles. The molecule has 0 bridgehead atoms. The van der Waals surface area contributed by atoms with E-state index in [9.17, 15) is 14.4 Å². The Labute approximate surface area is 159 Å². The van der Waals surface area contributed by atoms with E-state index in [1.54, 1.807) is 7.11 Å². The molecule has 0 aromatic rings. The van der Waals surface area contributed by atoms with Gasteiger partial charge in [-0.3, -0.25) is 19.7 Å². The van der Waals surface area contributed by atoms with Gasteiger partial charge < -0.3 is 21.9 Å². The van der Waals surface area contributed by atoms with E-state index in [1.807, 2.05) is 13.8 Å². The van der Waals surface area contributed by atoms with Crippen molar-refractivity contribution in [2.45, 2.75) is 44.8 Å². The number of aliphatic carboxylic acids is 1. The number of hydrogen-bond acceptors (Lipinski definition) is 5. The zero-order chi connectivity index (χ0) is 16.7. The standard InChI is InChI=1S/C14H25N3O5.Na.H/c1-8(2)7-9(12(18)15-5-4-6-22-3)16-13(19)10-11(17-10)14(20)21;;/h8-11,17H,4-7H2,1-3H3,(H,15,18)(H,16,19)(H,20,21);;/q;+1;-1/t9-,10-,11-;;/m0../s1. The number of carbonyl (C=O) groups is 3. The molecular formula is C14H26N3NaO5. The predicted molar refractivity (Wildman–Crippen MR) is 80.3 cm³/mol. The molecular weight excluding hydrogens is 313 g/mol. The van der Waals surface area contributed by atoms with Gasteiger partial charge in [0.15, 0.2) is 0 Å². The average molecular weight is 339 g/mol. The monoisotopic (exact) mass is 339 g/mol. The maximum Gasteiger partial charge on any atom is 1.00 e. The molecule has 0 radical (unpaired) electrons. The summed E-state index contributed by atoms with van der Waals surface area (Å²) >= 11 is 0. The van der Waals surface area contributed by atoms with Crippen LogP contribution < -0.4 is 45.5 Å². The van der Waals surface area contributed by atoms with Crippen LogP contribution in [0.4, 0.5) is 0 Å². The van der Waals surface area contributed by atoms with Gasteiger partial charge in [0.1, 0.15) is 18.1 Å². The summed E-state index contributed by atoms with van der Waals surface area (Å²) in [5.41, 5.74) is 0. The summed E-state index contributed by atoms with van der Waals surface area (Å²) in [6.07, 6.45) is 1.18. The maximum atomic E-state index is 12.1. The molecule has 0 saturated carbocycles. The normalized spacial score (nSPS) is 20.3. The van der Waals surface area contributed by atoms with Crippen LogP contribution in [0.15, 0.2) is 0 Å². The van der Waals surface area contributed by atoms with Crippen molar-refractivity contribution in [3.8, 4) is 0 Å². The van der Waals surface area contributed by atoms with Crippen LogP contribution in [0.25, 0.3) is 0 Å². The van der Waals surface area contributed by atoms with Gasteiger partial charge in [0.25, 0.3) is 0 Å². The molecule has 0 aliphatic carbocycles. The molecule has 9 heteroatoms. The average Bonchev–Trinajstić information content (AvgIpc) is 3.22. The van der Waals surface area contributed by atoms with Crippen LogP contribution in [0.3, 0.4) is 0 Å². The summed E-state index contributed by atoms with van der Waals surface area (Å²) in [5, 5.41) is 16.7. The molecule has 0 spiro atoms. The topological polar surface area (TPSA) is 127 Å². The Balaban J connectivity index is 0. The number of rotatable bonds is 10. The van der Waals surface area contributed by atoms with Gasteiger partial charge in [-0.05, 0) is 18.8 Å². The number of methoxy groups -OCH3 is 1.